The predicted molar refractivity (Wildman–Crippen MR) is 265 cm³/mol. The molecule has 0 spiro atoms. The van der Waals surface area contributed by atoms with Gasteiger partial charge < -0.3 is 4.57 Å². The standard InChI is InChI=1S/C57H33N5S/c1-2-14-34(15-3-1)55-58-56(35-26-31-52-47(32-35)43-21-10-13-25-51(43)63-52)60-57(59-55)62-48-23-11-8-20-42(48)44-29-30-50-53(54(44)62)45-22-9-12-24-49(45)61(50)36-27-28-41-39-18-5-4-16-37(39)38-17-6-7-19-40(38)46(41)33-36/h1-33H. The molecule has 0 amide bonds. The van der Waals surface area contributed by atoms with Crippen molar-refractivity contribution in [1.29, 1.82) is 0 Å². The van der Waals surface area contributed by atoms with Gasteiger partial charge in [0.2, 0.25) is 5.95 Å². The Balaban J connectivity index is 1.07. The first-order valence-corrected chi connectivity index (χ1v) is 22.1. The van der Waals surface area contributed by atoms with Gasteiger partial charge in [-0.15, -0.1) is 11.3 Å². The molecule has 0 atom stereocenters. The summed E-state index contributed by atoms with van der Waals surface area (Å²) in [6.07, 6.45) is 0. The first-order chi connectivity index (χ1) is 31.2. The molecule has 0 aliphatic heterocycles. The highest BCUT2D eigenvalue weighted by atomic mass is 32.1. The summed E-state index contributed by atoms with van der Waals surface area (Å²) < 4.78 is 7.22. The number of para-hydroxylation sites is 2. The monoisotopic (exact) mass is 819 g/mol. The number of thiophene rings is 1. The number of nitrogens with zero attached hydrogens (tertiary/aromatic N) is 5. The van der Waals surface area contributed by atoms with Crippen molar-refractivity contribution >= 4 is 107 Å². The molecule has 14 aromatic rings. The lowest BCUT2D eigenvalue weighted by molar-refractivity contribution is 0.955. The van der Waals surface area contributed by atoms with Crippen molar-refractivity contribution < 1.29 is 0 Å². The largest absolute Gasteiger partial charge is 0.309 e. The van der Waals surface area contributed by atoms with E-state index in [0.717, 1.165) is 60.4 Å². The highest BCUT2D eigenvalue weighted by Crippen LogP contribution is 2.44. The van der Waals surface area contributed by atoms with Crippen LogP contribution >= 0.6 is 11.3 Å². The topological polar surface area (TPSA) is 48.5 Å². The van der Waals surface area contributed by atoms with E-state index in [0.29, 0.717) is 17.6 Å². The molecule has 5 nitrogen and oxygen atoms in total. The van der Waals surface area contributed by atoms with Gasteiger partial charge in [0.05, 0.1) is 22.1 Å². The van der Waals surface area contributed by atoms with Crippen molar-refractivity contribution in [3.05, 3.63) is 200 Å². The normalized spacial score (nSPS) is 12.1. The highest BCUT2D eigenvalue weighted by molar-refractivity contribution is 7.25. The molecule has 0 N–H and O–H groups in total. The minimum atomic E-state index is 0.578. The molecule has 63 heavy (non-hydrogen) atoms. The zero-order chi connectivity index (χ0) is 41.2. The molecular formula is C57H33N5S. The van der Waals surface area contributed by atoms with Crippen LogP contribution in [-0.2, 0) is 0 Å². The minimum absolute atomic E-state index is 0.578. The predicted octanol–water partition coefficient (Wildman–Crippen LogP) is 15.2. The van der Waals surface area contributed by atoms with Crippen LogP contribution in [0.2, 0.25) is 0 Å². The first kappa shape index (κ1) is 34.5. The second kappa shape index (κ2) is 13.2. The van der Waals surface area contributed by atoms with Gasteiger partial charge in [0.25, 0.3) is 0 Å². The van der Waals surface area contributed by atoms with Gasteiger partial charge in [0.15, 0.2) is 11.6 Å². The molecule has 0 saturated heterocycles. The van der Waals surface area contributed by atoms with E-state index in [9.17, 15) is 0 Å². The molecule has 0 aliphatic rings. The molecule has 4 heterocycles. The van der Waals surface area contributed by atoms with Gasteiger partial charge in [-0.3, -0.25) is 4.57 Å². The Bertz CT molecular complexity index is 4180. The van der Waals surface area contributed by atoms with E-state index in [1.54, 1.807) is 0 Å². The lowest BCUT2D eigenvalue weighted by Gasteiger charge is -2.14. The Morgan fingerprint density at radius 2 is 0.873 bits per heavy atom. The van der Waals surface area contributed by atoms with E-state index in [-0.39, 0.29) is 0 Å². The molecule has 14 rings (SSSR count). The van der Waals surface area contributed by atoms with E-state index in [1.807, 2.05) is 29.5 Å². The van der Waals surface area contributed by atoms with Crippen molar-refractivity contribution in [1.82, 2.24) is 24.1 Å². The average molecular weight is 820 g/mol. The van der Waals surface area contributed by atoms with Crippen LogP contribution < -0.4 is 0 Å². The summed E-state index contributed by atoms with van der Waals surface area (Å²) in [7, 11) is 0. The maximum absolute atomic E-state index is 5.42. The van der Waals surface area contributed by atoms with Gasteiger partial charge in [0.1, 0.15) is 0 Å². The third-order valence-electron chi connectivity index (χ3n) is 12.9. The van der Waals surface area contributed by atoms with Crippen molar-refractivity contribution in [2.45, 2.75) is 0 Å². The minimum Gasteiger partial charge on any atom is -0.309 e. The molecule has 4 aromatic heterocycles. The van der Waals surface area contributed by atoms with Gasteiger partial charge in [-0.05, 0) is 86.9 Å². The summed E-state index contributed by atoms with van der Waals surface area (Å²) in [5.74, 6) is 1.84. The highest BCUT2D eigenvalue weighted by Gasteiger charge is 2.24. The molecule has 0 fully saturated rings. The second-order valence-corrected chi connectivity index (χ2v) is 17.4. The van der Waals surface area contributed by atoms with E-state index < -0.39 is 0 Å². The lowest BCUT2D eigenvalue weighted by Crippen LogP contribution is -2.06. The van der Waals surface area contributed by atoms with Gasteiger partial charge in [0, 0.05) is 58.5 Å². The summed E-state index contributed by atoms with van der Waals surface area (Å²) in [6, 6.07) is 72.0. The van der Waals surface area contributed by atoms with Crippen LogP contribution in [0.3, 0.4) is 0 Å². The summed E-state index contributed by atoms with van der Waals surface area (Å²) in [5.41, 5.74) is 7.35. The molecule has 0 saturated carbocycles. The summed E-state index contributed by atoms with van der Waals surface area (Å²) >= 11 is 1.81. The van der Waals surface area contributed by atoms with Crippen LogP contribution in [0, 0.1) is 0 Å². The molecule has 10 aromatic carbocycles. The number of aromatic nitrogens is 5. The van der Waals surface area contributed by atoms with Gasteiger partial charge >= 0.3 is 0 Å². The number of fused-ring (bicyclic) bond motifs is 16. The van der Waals surface area contributed by atoms with Crippen LogP contribution in [0.4, 0.5) is 0 Å². The van der Waals surface area contributed by atoms with Crippen molar-refractivity contribution in [3.63, 3.8) is 0 Å². The fourth-order valence-corrected chi connectivity index (χ4v) is 11.3. The van der Waals surface area contributed by atoms with Crippen LogP contribution in [0.5, 0.6) is 0 Å². The third kappa shape index (κ3) is 5.01. The third-order valence-corrected chi connectivity index (χ3v) is 14.1. The van der Waals surface area contributed by atoms with Crippen LogP contribution in [-0.4, -0.2) is 24.1 Å². The fourth-order valence-electron chi connectivity index (χ4n) is 10.2. The smallest absolute Gasteiger partial charge is 0.238 e. The lowest BCUT2D eigenvalue weighted by atomic mass is 9.94. The quantitative estimate of drug-likeness (QED) is 0.166. The maximum Gasteiger partial charge on any atom is 0.238 e. The fraction of sp³-hybridized carbons (Fsp3) is 0. The Kier molecular flexibility index (Phi) is 7.21. The van der Waals surface area contributed by atoms with Crippen LogP contribution in [0.1, 0.15) is 0 Å². The first-order valence-electron chi connectivity index (χ1n) is 21.3. The van der Waals surface area contributed by atoms with Crippen molar-refractivity contribution in [2.75, 3.05) is 0 Å². The van der Waals surface area contributed by atoms with Crippen molar-refractivity contribution in [3.8, 4) is 34.4 Å². The Morgan fingerprint density at radius 1 is 0.317 bits per heavy atom. The van der Waals surface area contributed by atoms with E-state index in [1.165, 1.54) is 52.5 Å². The zero-order valence-electron chi connectivity index (χ0n) is 33.7. The van der Waals surface area contributed by atoms with E-state index in [2.05, 4.69) is 191 Å². The molecule has 292 valence electrons. The number of hydrogen-bond acceptors (Lipinski definition) is 4. The van der Waals surface area contributed by atoms with Gasteiger partial charge in [-0.25, -0.2) is 4.98 Å². The molecule has 0 unspecified atom stereocenters. The molecule has 0 radical (unpaired) electrons. The number of rotatable bonds is 4. The Hall–Kier alpha value is -8.19. The SMILES string of the molecule is c1ccc(-c2nc(-c3ccc4sc5ccccc5c4c3)nc(-n3c4ccccc4c4ccc5c(c6ccccc6n5-c5ccc6c7ccccc7c7ccccc7c6c5)c43)n2)cc1. The maximum atomic E-state index is 5.42. The second-order valence-electron chi connectivity index (χ2n) is 16.3. The summed E-state index contributed by atoms with van der Waals surface area (Å²) in [5, 5.41) is 14.6. The summed E-state index contributed by atoms with van der Waals surface area (Å²) in [4.78, 5) is 16.0. The number of benzene rings is 10. The average Bonchev–Trinajstić information content (AvgIpc) is 4.01. The van der Waals surface area contributed by atoms with Crippen LogP contribution in [0.25, 0.3) is 131 Å². The van der Waals surface area contributed by atoms with E-state index in [4.69, 9.17) is 15.0 Å². The zero-order valence-corrected chi connectivity index (χ0v) is 34.5. The number of hydrogen-bond donors (Lipinski definition) is 0. The van der Waals surface area contributed by atoms with E-state index >= 15 is 0 Å². The van der Waals surface area contributed by atoms with Crippen LogP contribution in [0.15, 0.2) is 200 Å². The molecule has 0 bridgehead atoms. The summed E-state index contributed by atoms with van der Waals surface area (Å²) in [6.45, 7) is 0. The Labute approximate surface area is 364 Å². The molecule has 0 aliphatic carbocycles. The Morgan fingerprint density at radius 3 is 1.62 bits per heavy atom. The van der Waals surface area contributed by atoms with Gasteiger partial charge in [-0.1, -0.05) is 146 Å². The van der Waals surface area contributed by atoms with Crippen molar-refractivity contribution in [2.24, 2.45) is 0 Å². The molecular weight excluding hydrogens is 787 g/mol. The van der Waals surface area contributed by atoms with Gasteiger partial charge in [-0.2, -0.15) is 9.97 Å². The molecule has 6 heteroatoms.